The number of nitrogens with one attached hydrogen (secondary N) is 1. The van der Waals surface area contributed by atoms with Gasteiger partial charge in [-0.3, -0.25) is 18.6 Å². The first-order chi connectivity index (χ1) is 12.7. The van der Waals surface area contributed by atoms with E-state index < -0.39 is 0 Å². The molecule has 2 aromatic heterocycles. The van der Waals surface area contributed by atoms with Gasteiger partial charge in [0.2, 0.25) is 11.6 Å². The van der Waals surface area contributed by atoms with E-state index in [4.69, 9.17) is 0 Å². The van der Waals surface area contributed by atoms with Gasteiger partial charge in [0.05, 0.1) is 11.0 Å². The Morgan fingerprint density at radius 3 is 2.62 bits per heavy atom. The number of hydrogen-bond acceptors (Lipinski definition) is 4. The monoisotopic (exact) mass is 347 g/mol. The second kappa shape index (κ2) is 6.44. The Bertz CT molecular complexity index is 1180. The van der Waals surface area contributed by atoms with E-state index in [2.05, 4.69) is 15.5 Å². The molecule has 0 unspecified atom stereocenters. The van der Waals surface area contributed by atoms with Crippen LogP contribution in [0.25, 0.3) is 16.7 Å². The number of fused-ring (bicyclic) bond motifs is 3. The van der Waals surface area contributed by atoms with Gasteiger partial charge in [-0.25, -0.2) is 0 Å². The minimum atomic E-state index is -0.347. The van der Waals surface area contributed by atoms with Crippen LogP contribution < -0.4 is 10.9 Å². The van der Waals surface area contributed by atoms with E-state index >= 15 is 0 Å². The van der Waals surface area contributed by atoms with Gasteiger partial charge >= 0.3 is 0 Å². The van der Waals surface area contributed by atoms with Crippen LogP contribution in [0.2, 0.25) is 0 Å². The van der Waals surface area contributed by atoms with Gasteiger partial charge < -0.3 is 5.32 Å². The highest BCUT2D eigenvalue weighted by Gasteiger charge is 2.15. The third-order valence-electron chi connectivity index (χ3n) is 4.39. The van der Waals surface area contributed by atoms with Gasteiger partial charge in [-0.05, 0) is 30.2 Å². The highest BCUT2D eigenvalue weighted by atomic mass is 16.2. The molecule has 130 valence electrons. The Kier molecular flexibility index (Phi) is 3.96. The van der Waals surface area contributed by atoms with E-state index in [1.807, 2.05) is 55.5 Å². The van der Waals surface area contributed by atoms with Crippen molar-refractivity contribution in [1.82, 2.24) is 19.2 Å². The Morgan fingerprint density at radius 2 is 1.81 bits per heavy atom. The lowest BCUT2D eigenvalue weighted by Crippen LogP contribution is -2.29. The van der Waals surface area contributed by atoms with Crippen molar-refractivity contribution in [2.45, 2.75) is 19.9 Å². The van der Waals surface area contributed by atoms with Gasteiger partial charge in [-0.15, -0.1) is 10.2 Å². The Balaban J connectivity index is 1.75. The minimum absolute atomic E-state index is 0.0965. The largest absolute Gasteiger partial charge is 0.324 e. The van der Waals surface area contributed by atoms with Crippen LogP contribution in [-0.4, -0.2) is 25.1 Å². The van der Waals surface area contributed by atoms with Gasteiger partial charge in [0.1, 0.15) is 12.9 Å². The van der Waals surface area contributed by atoms with Crippen LogP contribution >= 0.6 is 0 Å². The van der Waals surface area contributed by atoms with E-state index in [-0.39, 0.29) is 23.7 Å². The lowest BCUT2D eigenvalue weighted by molar-refractivity contribution is -0.116. The fourth-order valence-corrected chi connectivity index (χ4v) is 3.12. The molecule has 0 atom stereocenters. The summed E-state index contributed by atoms with van der Waals surface area (Å²) >= 11 is 0. The zero-order valence-corrected chi connectivity index (χ0v) is 14.2. The summed E-state index contributed by atoms with van der Waals surface area (Å²) in [7, 11) is 0. The Labute approximate surface area is 148 Å². The molecule has 0 bridgehead atoms. The molecule has 0 fully saturated rings. The number of hydrogen-bond donors (Lipinski definition) is 1. The fraction of sp³-hybridized carbons (Fsp3) is 0.158. The Hall–Kier alpha value is -3.48. The first-order valence-electron chi connectivity index (χ1n) is 8.38. The second-order valence-electron chi connectivity index (χ2n) is 5.96. The molecule has 1 amide bonds. The molecule has 7 nitrogen and oxygen atoms in total. The number of anilines is 1. The number of nitrogens with zero attached hydrogens (tertiary/aromatic N) is 4. The van der Waals surface area contributed by atoms with Crippen LogP contribution in [0.3, 0.4) is 0 Å². The molecule has 0 spiro atoms. The predicted molar refractivity (Wildman–Crippen MR) is 99.2 cm³/mol. The molecule has 4 aromatic rings. The summed E-state index contributed by atoms with van der Waals surface area (Å²) < 4.78 is 3.07. The highest BCUT2D eigenvalue weighted by molar-refractivity contribution is 5.92. The number of carbonyl (C=O) groups is 1. The van der Waals surface area contributed by atoms with E-state index in [1.165, 1.54) is 10.9 Å². The van der Waals surface area contributed by atoms with Crippen molar-refractivity contribution in [1.29, 1.82) is 0 Å². The molecule has 0 aliphatic carbocycles. The average Bonchev–Trinajstić information content (AvgIpc) is 3.16. The number of aryl methyl sites for hydroxylation is 1. The standard InChI is InChI=1S/C19H17N5O2/c1-2-13-7-3-4-8-14(13)21-17(25)11-23-15-9-5-6-10-16(15)24-12-20-22-18(24)19(23)26/h3-10,12H,2,11H2,1H3,(H,21,25). The number of rotatable bonds is 4. The van der Waals surface area contributed by atoms with E-state index in [9.17, 15) is 9.59 Å². The maximum atomic E-state index is 12.8. The van der Waals surface area contributed by atoms with Gasteiger partial charge in [0.25, 0.3) is 5.56 Å². The maximum absolute atomic E-state index is 12.8. The first kappa shape index (κ1) is 16.0. The molecular formula is C19H17N5O2. The zero-order chi connectivity index (χ0) is 18.1. The summed E-state index contributed by atoms with van der Waals surface area (Å²) in [5.74, 6) is -0.262. The second-order valence-corrected chi connectivity index (χ2v) is 5.96. The van der Waals surface area contributed by atoms with Crippen molar-refractivity contribution in [3.05, 3.63) is 70.8 Å². The molecule has 4 rings (SSSR count). The first-order valence-corrected chi connectivity index (χ1v) is 8.38. The molecule has 0 saturated carbocycles. The number of carbonyl (C=O) groups excluding carboxylic acids is 1. The third-order valence-corrected chi connectivity index (χ3v) is 4.39. The molecule has 0 aliphatic rings. The number of benzene rings is 2. The zero-order valence-electron chi connectivity index (χ0n) is 14.2. The molecule has 0 radical (unpaired) electrons. The van der Waals surface area contributed by atoms with Crippen molar-refractivity contribution >= 4 is 28.3 Å². The number of aromatic nitrogens is 4. The van der Waals surface area contributed by atoms with Crippen LogP contribution in [0.1, 0.15) is 12.5 Å². The smallest absolute Gasteiger partial charge is 0.297 e. The van der Waals surface area contributed by atoms with Crippen molar-refractivity contribution < 1.29 is 4.79 Å². The summed E-state index contributed by atoms with van der Waals surface area (Å²) in [6.45, 7) is 1.93. The van der Waals surface area contributed by atoms with Crippen LogP contribution in [0, 0.1) is 0 Å². The van der Waals surface area contributed by atoms with Crippen LogP contribution in [0.4, 0.5) is 5.69 Å². The molecular weight excluding hydrogens is 330 g/mol. The van der Waals surface area contributed by atoms with Crippen molar-refractivity contribution in [2.24, 2.45) is 0 Å². The minimum Gasteiger partial charge on any atom is -0.324 e. The predicted octanol–water partition coefficient (Wildman–Crippen LogP) is 2.25. The summed E-state index contributed by atoms with van der Waals surface area (Å²) in [4.78, 5) is 25.4. The third kappa shape index (κ3) is 2.63. The Morgan fingerprint density at radius 1 is 1.08 bits per heavy atom. The fourth-order valence-electron chi connectivity index (χ4n) is 3.12. The van der Waals surface area contributed by atoms with Gasteiger partial charge in [0.15, 0.2) is 0 Å². The van der Waals surface area contributed by atoms with E-state index in [0.29, 0.717) is 5.52 Å². The van der Waals surface area contributed by atoms with Crippen LogP contribution in [0.5, 0.6) is 0 Å². The number of amides is 1. The molecule has 0 saturated heterocycles. The molecule has 0 aliphatic heterocycles. The normalized spacial score (nSPS) is 11.1. The van der Waals surface area contributed by atoms with Gasteiger partial charge in [-0.1, -0.05) is 37.3 Å². The molecule has 2 heterocycles. The molecule has 2 aromatic carbocycles. The van der Waals surface area contributed by atoms with Gasteiger partial charge in [0, 0.05) is 5.69 Å². The number of para-hydroxylation sites is 3. The molecule has 1 N–H and O–H groups in total. The maximum Gasteiger partial charge on any atom is 0.297 e. The summed E-state index contributed by atoms with van der Waals surface area (Å²) in [5.41, 5.74) is 3.09. The summed E-state index contributed by atoms with van der Waals surface area (Å²) in [6, 6.07) is 15.0. The quantitative estimate of drug-likeness (QED) is 0.614. The topological polar surface area (TPSA) is 81.3 Å². The summed E-state index contributed by atoms with van der Waals surface area (Å²) in [5, 5.41) is 10.6. The lowest BCUT2D eigenvalue weighted by atomic mass is 10.1. The molecule has 7 heteroatoms. The van der Waals surface area contributed by atoms with Gasteiger partial charge in [-0.2, -0.15) is 0 Å². The van der Waals surface area contributed by atoms with Crippen LogP contribution in [0.15, 0.2) is 59.7 Å². The summed E-state index contributed by atoms with van der Waals surface area (Å²) in [6.07, 6.45) is 2.31. The SMILES string of the molecule is CCc1ccccc1NC(=O)Cn1c(=O)c2nncn2c2ccccc21. The van der Waals surface area contributed by atoms with Crippen molar-refractivity contribution in [2.75, 3.05) is 5.32 Å². The van der Waals surface area contributed by atoms with Crippen molar-refractivity contribution in [3.63, 3.8) is 0 Å². The molecule has 26 heavy (non-hydrogen) atoms. The van der Waals surface area contributed by atoms with Crippen molar-refractivity contribution in [3.8, 4) is 0 Å². The van der Waals surface area contributed by atoms with E-state index in [1.54, 1.807) is 4.40 Å². The lowest BCUT2D eigenvalue weighted by Gasteiger charge is -2.13. The van der Waals surface area contributed by atoms with E-state index in [0.717, 1.165) is 23.2 Å². The highest BCUT2D eigenvalue weighted by Crippen LogP contribution is 2.16. The van der Waals surface area contributed by atoms with Crippen LogP contribution in [-0.2, 0) is 17.8 Å². The average molecular weight is 347 g/mol.